The van der Waals surface area contributed by atoms with E-state index in [0.29, 0.717) is 10.6 Å². The molecule has 1 aliphatic carbocycles. The maximum absolute atomic E-state index is 12.3. The van der Waals surface area contributed by atoms with Crippen LogP contribution in [0.4, 0.5) is 10.7 Å². The number of nitro benzene ring substituents is 1. The summed E-state index contributed by atoms with van der Waals surface area (Å²) in [7, 11) is 0. The van der Waals surface area contributed by atoms with Gasteiger partial charge in [0.2, 0.25) is 0 Å². The monoisotopic (exact) mass is 470 g/mol. The fourth-order valence-electron chi connectivity index (χ4n) is 3.47. The first-order chi connectivity index (χ1) is 15.8. The first-order valence-electron chi connectivity index (χ1n) is 10.4. The van der Waals surface area contributed by atoms with Gasteiger partial charge in [-0.2, -0.15) is 5.26 Å². The molecule has 10 nitrogen and oxygen atoms in total. The molecule has 0 saturated carbocycles. The SMILES string of the molecule is CC(NC(=O)c1cccc([N+](=O)[O-])c1)C(=O)OCC(=O)Nc1sc2c(c1C#N)CCCCC2. The van der Waals surface area contributed by atoms with Crippen molar-refractivity contribution in [2.24, 2.45) is 0 Å². The Hall–Kier alpha value is -3.78. The third-order valence-electron chi connectivity index (χ3n) is 5.15. The summed E-state index contributed by atoms with van der Waals surface area (Å²) in [5, 5.41) is 25.9. The summed E-state index contributed by atoms with van der Waals surface area (Å²) in [6.45, 7) is 0.795. The van der Waals surface area contributed by atoms with E-state index >= 15 is 0 Å². The topological polar surface area (TPSA) is 151 Å². The first kappa shape index (κ1) is 23.9. The van der Waals surface area contributed by atoms with Gasteiger partial charge in [0.05, 0.1) is 10.5 Å². The fraction of sp³-hybridized carbons (Fsp3) is 0.364. The van der Waals surface area contributed by atoms with Crippen molar-refractivity contribution in [1.29, 1.82) is 5.26 Å². The number of nitro groups is 1. The van der Waals surface area contributed by atoms with Gasteiger partial charge in [-0.15, -0.1) is 11.3 Å². The molecule has 1 heterocycles. The van der Waals surface area contributed by atoms with Crippen LogP contribution in [0, 0.1) is 21.4 Å². The molecule has 0 bridgehead atoms. The number of amides is 2. The molecule has 1 aromatic heterocycles. The van der Waals surface area contributed by atoms with Crippen LogP contribution in [-0.2, 0) is 27.2 Å². The number of fused-ring (bicyclic) bond motifs is 1. The summed E-state index contributed by atoms with van der Waals surface area (Å²) in [6, 6.07) is 6.16. The smallest absolute Gasteiger partial charge is 0.328 e. The van der Waals surface area contributed by atoms with E-state index in [1.807, 2.05) is 0 Å². The van der Waals surface area contributed by atoms with Crippen LogP contribution in [-0.4, -0.2) is 35.4 Å². The Labute approximate surface area is 193 Å². The minimum Gasteiger partial charge on any atom is -0.454 e. The van der Waals surface area contributed by atoms with Crippen LogP contribution in [0.5, 0.6) is 0 Å². The summed E-state index contributed by atoms with van der Waals surface area (Å²) >= 11 is 1.38. The summed E-state index contributed by atoms with van der Waals surface area (Å²) in [5.41, 5.74) is 1.22. The Kier molecular flexibility index (Phi) is 7.74. The van der Waals surface area contributed by atoms with E-state index in [4.69, 9.17) is 4.74 Å². The fourth-order valence-corrected chi connectivity index (χ4v) is 4.73. The number of nitrogens with one attached hydrogen (secondary N) is 2. The number of thiophene rings is 1. The Morgan fingerprint density at radius 3 is 2.76 bits per heavy atom. The molecule has 33 heavy (non-hydrogen) atoms. The summed E-state index contributed by atoms with van der Waals surface area (Å²) in [4.78, 5) is 48.1. The first-order valence-corrected chi connectivity index (χ1v) is 11.2. The normalized spacial score (nSPS) is 13.6. The number of ether oxygens (including phenoxy) is 1. The molecule has 11 heteroatoms. The zero-order valence-electron chi connectivity index (χ0n) is 17.9. The molecule has 0 fully saturated rings. The van der Waals surface area contributed by atoms with E-state index in [0.717, 1.165) is 48.6 Å². The molecule has 172 valence electrons. The third kappa shape index (κ3) is 5.93. The van der Waals surface area contributed by atoms with Gasteiger partial charge in [-0.05, 0) is 44.2 Å². The lowest BCUT2D eigenvalue weighted by Crippen LogP contribution is -2.40. The minimum absolute atomic E-state index is 0.0167. The van der Waals surface area contributed by atoms with Crippen LogP contribution >= 0.6 is 11.3 Å². The average molecular weight is 471 g/mol. The number of benzene rings is 1. The van der Waals surface area contributed by atoms with Crippen LogP contribution < -0.4 is 10.6 Å². The average Bonchev–Trinajstić information content (AvgIpc) is 2.95. The largest absolute Gasteiger partial charge is 0.454 e. The second kappa shape index (κ2) is 10.7. The summed E-state index contributed by atoms with van der Waals surface area (Å²) in [5.74, 6) is -2.12. The van der Waals surface area contributed by atoms with Gasteiger partial charge in [-0.1, -0.05) is 12.5 Å². The van der Waals surface area contributed by atoms with Crippen LogP contribution in [0.1, 0.15) is 52.5 Å². The number of carbonyl (C=O) groups is 3. The highest BCUT2D eigenvalue weighted by molar-refractivity contribution is 7.16. The van der Waals surface area contributed by atoms with Crippen molar-refractivity contribution in [2.45, 2.75) is 45.1 Å². The predicted molar refractivity (Wildman–Crippen MR) is 120 cm³/mol. The molecule has 2 aromatic rings. The standard InChI is InChI=1S/C22H22N4O6S/c1-13(24-20(28)14-6-5-7-15(10-14)26(30)31)22(29)32-12-19(27)25-21-17(11-23)16-8-3-2-4-9-18(16)33-21/h5-7,10,13H,2-4,8-9,12H2,1H3,(H,24,28)(H,25,27). The van der Waals surface area contributed by atoms with E-state index in [9.17, 15) is 29.8 Å². The Morgan fingerprint density at radius 1 is 1.27 bits per heavy atom. The molecular formula is C22H22N4O6S. The molecule has 0 radical (unpaired) electrons. The van der Waals surface area contributed by atoms with Gasteiger partial charge in [-0.25, -0.2) is 4.79 Å². The van der Waals surface area contributed by atoms with Crippen molar-refractivity contribution in [3.8, 4) is 6.07 Å². The predicted octanol–water partition coefficient (Wildman–Crippen LogP) is 3.10. The maximum Gasteiger partial charge on any atom is 0.328 e. The second-order valence-electron chi connectivity index (χ2n) is 7.54. The second-order valence-corrected chi connectivity index (χ2v) is 8.64. The molecule has 1 unspecified atom stereocenters. The van der Waals surface area contributed by atoms with E-state index in [2.05, 4.69) is 16.7 Å². The number of nitriles is 1. The number of hydrogen-bond donors (Lipinski definition) is 2. The van der Waals surface area contributed by atoms with Crippen LogP contribution in [0.15, 0.2) is 24.3 Å². The molecule has 1 aromatic carbocycles. The van der Waals surface area contributed by atoms with Crippen LogP contribution in [0.25, 0.3) is 0 Å². The summed E-state index contributed by atoms with van der Waals surface area (Å²) in [6.07, 6.45) is 4.84. The number of rotatable bonds is 7. The van der Waals surface area contributed by atoms with E-state index < -0.39 is 35.4 Å². The highest BCUT2D eigenvalue weighted by Crippen LogP contribution is 2.36. The number of carbonyl (C=O) groups excluding carboxylic acids is 3. The number of nitrogens with zero attached hydrogens (tertiary/aromatic N) is 2. The van der Waals surface area contributed by atoms with Crippen LogP contribution in [0.3, 0.4) is 0 Å². The highest BCUT2D eigenvalue weighted by Gasteiger charge is 2.23. The van der Waals surface area contributed by atoms with Gasteiger partial charge in [0, 0.05) is 22.6 Å². The number of aryl methyl sites for hydroxylation is 1. The molecule has 1 aliphatic rings. The number of esters is 1. The molecule has 0 saturated heterocycles. The lowest BCUT2D eigenvalue weighted by molar-refractivity contribution is -0.384. The van der Waals surface area contributed by atoms with E-state index in [1.54, 1.807) is 0 Å². The minimum atomic E-state index is -1.09. The van der Waals surface area contributed by atoms with Gasteiger partial charge in [0.1, 0.15) is 17.1 Å². The molecule has 0 aliphatic heterocycles. The lowest BCUT2D eigenvalue weighted by Gasteiger charge is -2.13. The Balaban J connectivity index is 1.54. The highest BCUT2D eigenvalue weighted by atomic mass is 32.1. The van der Waals surface area contributed by atoms with Crippen molar-refractivity contribution in [2.75, 3.05) is 11.9 Å². The van der Waals surface area contributed by atoms with E-state index in [1.165, 1.54) is 36.5 Å². The zero-order valence-corrected chi connectivity index (χ0v) is 18.7. The number of non-ortho nitro benzene ring substituents is 1. The molecule has 3 rings (SSSR count). The molecule has 0 spiro atoms. The quantitative estimate of drug-likeness (QED) is 0.273. The van der Waals surface area contributed by atoms with Crippen molar-refractivity contribution < 1.29 is 24.0 Å². The van der Waals surface area contributed by atoms with Crippen molar-refractivity contribution in [1.82, 2.24) is 5.32 Å². The van der Waals surface area contributed by atoms with Crippen molar-refractivity contribution >= 4 is 39.8 Å². The van der Waals surface area contributed by atoms with Gasteiger partial charge >= 0.3 is 5.97 Å². The Bertz CT molecular complexity index is 1140. The number of anilines is 1. The lowest BCUT2D eigenvalue weighted by atomic mass is 10.1. The van der Waals surface area contributed by atoms with Gasteiger partial charge in [0.25, 0.3) is 17.5 Å². The summed E-state index contributed by atoms with van der Waals surface area (Å²) < 4.78 is 4.98. The number of hydrogen-bond acceptors (Lipinski definition) is 8. The molecular weight excluding hydrogens is 448 g/mol. The third-order valence-corrected chi connectivity index (χ3v) is 6.36. The van der Waals surface area contributed by atoms with Crippen molar-refractivity contribution in [3.63, 3.8) is 0 Å². The zero-order chi connectivity index (χ0) is 24.0. The maximum atomic E-state index is 12.3. The Morgan fingerprint density at radius 2 is 2.03 bits per heavy atom. The van der Waals surface area contributed by atoms with Crippen molar-refractivity contribution in [3.05, 3.63) is 55.9 Å². The molecule has 1 atom stereocenters. The van der Waals surface area contributed by atoms with Gasteiger partial charge < -0.3 is 15.4 Å². The van der Waals surface area contributed by atoms with Gasteiger partial charge in [0.15, 0.2) is 6.61 Å². The van der Waals surface area contributed by atoms with Crippen LogP contribution in [0.2, 0.25) is 0 Å². The van der Waals surface area contributed by atoms with E-state index in [-0.39, 0.29) is 11.3 Å². The molecule has 2 amide bonds. The molecule has 2 N–H and O–H groups in total. The van der Waals surface area contributed by atoms with Gasteiger partial charge in [-0.3, -0.25) is 19.7 Å².